The van der Waals surface area contributed by atoms with Crippen LogP contribution in [0.15, 0.2) is 17.6 Å². The highest BCUT2D eigenvalue weighted by Crippen LogP contribution is 2.32. The van der Waals surface area contributed by atoms with Gasteiger partial charge >= 0.3 is 0 Å². The number of rotatable bonds is 10. The second-order valence-corrected chi connectivity index (χ2v) is 9.60. The fourth-order valence-electron chi connectivity index (χ4n) is 4.18. The van der Waals surface area contributed by atoms with E-state index in [1.807, 2.05) is 6.07 Å². The van der Waals surface area contributed by atoms with E-state index in [0.717, 1.165) is 87.2 Å². The molecule has 1 saturated carbocycles. The number of ether oxygens (including phenoxy) is 2. The van der Waals surface area contributed by atoms with Crippen LogP contribution in [-0.4, -0.2) is 62.1 Å². The van der Waals surface area contributed by atoms with Crippen LogP contribution in [0.5, 0.6) is 0 Å². The fraction of sp³-hybridized carbons (Fsp3) is 0.636. The number of methoxy groups -OCH3 is 1. The van der Waals surface area contributed by atoms with Crippen molar-refractivity contribution in [2.75, 3.05) is 50.7 Å². The SMILES string of the molecule is COCCNC1CCC(Nc2cc(-c3csc(NCC4CCOC4)n3)c(Cl)cn2)CC1. The van der Waals surface area contributed by atoms with Gasteiger partial charge in [-0.2, -0.15) is 0 Å². The van der Waals surface area contributed by atoms with Gasteiger partial charge in [-0.05, 0) is 38.2 Å². The van der Waals surface area contributed by atoms with Crippen LogP contribution in [0.4, 0.5) is 10.9 Å². The molecule has 0 aromatic carbocycles. The van der Waals surface area contributed by atoms with Crippen LogP contribution < -0.4 is 16.0 Å². The Morgan fingerprint density at radius 2 is 2.06 bits per heavy atom. The molecule has 4 rings (SSSR count). The molecule has 2 aromatic heterocycles. The van der Waals surface area contributed by atoms with Gasteiger partial charge in [0.2, 0.25) is 0 Å². The number of hydrogen-bond donors (Lipinski definition) is 3. The minimum absolute atomic E-state index is 0.434. The molecule has 0 radical (unpaired) electrons. The Labute approximate surface area is 193 Å². The molecule has 7 nitrogen and oxygen atoms in total. The van der Waals surface area contributed by atoms with Gasteiger partial charge in [-0.15, -0.1) is 11.3 Å². The summed E-state index contributed by atoms with van der Waals surface area (Å²) in [6.07, 6.45) is 7.41. The van der Waals surface area contributed by atoms with Gasteiger partial charge in [0.25, 0.3) is 0 Å². The van der Waals surface area contributed by atoms with Gasteiger partial charge in [-0.3, -0.25) is 0 Å². The van der Waals surface area contributed by atoms with Crippen molar-refractivity contribution >= 4 is 33.9 Å². The standard InChI is InChI=1S/C22H32ClN5O2S/c1-29-9-7-24-16-2-4-17(5-3-16)27-21-10-18(19(23)12-25-21)20-14-31-22(28-20)26-11-15-6-8-30-13-15/h10,12,14-17,24H,2-9,11,13H2,1H3,(H,25,27)(H,26,28). The summed E-state index contributed by atoms with van der Waals surface area (Å²) < 4.78 is 10.6. The third kappa shape index (κ3) is 6.52. The van der Waals surface area contributed by atoms with Gasteiger partial charge in [0, 0.05) is 61.9 Å². The zero-order valence-corrected chi connectivity index (χ0v) is 19.6. The second kappa shape index (κ2) is 11.4. The third-order valence-electron chi connectivity index (χ3n) is 6.02. The lowest BCUT2D eigenvalue weighted by Crippen LogP contribution is -2.38. The summed E-state index contributed by atoms with van der Waals surface area (Å²) in [5.74, 6) is 1.43. The number of pyridine rings is 1. The smallest absolute Gasteiger partial charge is 0.183 e. The van der Waals surface area contributed by atoms with Crippen LogP contribution in [0, 0.1) is 5.92 Å². The molecule has 3 heterocycles. The lowest BCUT2D eigenvalue weighted by molar-refractivity contribution is 0.187. The van der Waals surface area contributed by atoms with Gasteiger partial charge in [0.05, 0.1) is 23.9 Å². The molecule has 1 unspecified atom stereocenters. The molecule has 170 valence electrons. The highest BCUT2D eigenvalue weighted by Gasteiger charge is 2.21. The normalized spacial score (nSPS) is 23.7. The van der Waals surface area contributed by atoms with E-state index in [2.05, 4.69) is 26.3 Å². The molecule has 2 aromatic rings. The lowest BCUT2D eigenvalue weighted by atomic mass is 9.91. The summed E-state index contributed by atoms with van der Waals surface area (Å²) in [6, 6.07) is 3.04. The van der Waals surface area contributed by atoms with Gasteiger partial charge in [-0.25, -0.2) is 9.97 Å². The lowest BCUT2D eigenvalue weighted by Gasteiger charge is -2.30. The minimum Gasteiger partial charge on any atom is -0.383 e. The fourth-order valence-corrected chi connectivity index (χ4v) is 5.11. The van der Waals surface area contributed by atoms with Gasteiger partial charge in [-0.1, -0.05) is 11.6 Å². The Morgan fingerprint density at radius 1 is 1.23 bits per heavy atom. The van der Waals surface area contributed by atoms with Crippen LogP contribution in [0.2, 0.25) is 5.02 Å². The second-order valence-electron chi connectivity index (χ2n) is 8.34. The molecule has 31 heavy (non-hydrogen) atoms. The van der Waals surface area contributed by atoms with Crippen molar-refractivity contribution < 1.29 is 9.47 Å². The first-order chi connectivity index (χ1) is 15.2. The molecule has 1 aliphatic heterocycles. The largest absolute Gasteiger partial charge is 0.383 e. The number of halogens is 1. The minimum atomic E-state index is 0.434. The van der Waals surface area contributed by atoms with Gasteiger partial charge < -0.3 is 25.4 Å². The molecule has 0 bridgehead atoms. The Kier molecular flexibility index (Phi) is 8.38. The van der Waals surface area contributed by atoms with E-state index < -0.39 is 0 Å². The predicted octanol–water partition coefficient (Wildman–Crippen LogP) is 4.27. The average Bonchev–Trinajstić information content (AvgIpc) is 3.47. The summed E-state index contributed by atoms with van der Waals surface area (Å²) >= 11 is 8.07. The van der Waals surface area contributed by atoms with Crippen molar-refractivity contribution in [2.45, 2.75) is 44.2 Å². The van der Waals surface area contributed by atoms with Crippen molar-refractivity contribution in [3.05, 3.63) is 22.7 Å². The van der Waals surface area contributed by atoms with E-state index >= 15 is 0 Å². The van der Waals surface area contributed by atoms with Crippen LogP contribution in [0.3, 0.4) is 0 Å². The van der Waals surface area contributed by atoms with Crippen LogP contribution >= 0.6 is 22.9 Å². The Balaban J connectivity index is 1.31. The summed E-state index contributed by atoms with van der Waals surface area (Å²) in [5, 5.41) is 14.2. The molecule has 2 fully saturated rings. The Morgan fingerprint density at radius 3 is 2.84 bits per heavy atom. The number of nitrogens with one attached hydrogen (secondary N) is 3. The Hall–Kier alpha value is -1.45. The highest BCUT2D eigenvalue weighted by atomic mass is 35.5. The molecule has 1 saturated heterocycles. The summed E-state index contributed by atoms with van der Waals surface area (Å²) in [7, 11) is 1.74. The quantitative estimate of drug-likeness (QED) is 0.452. The van der Waals surface area contributed by atoms with E-state index in [0.29, 0.717) is 23.0 Å². The molecular weight excluding hydrogens is 434 g/mol. The highest BCUT2D eigenvalue weighted by molar-refractivity contribution is 7.14. The third-order valence-corrected chi connectivity index (χ3v) is 7.12. The molecule has 2 aliphatic rings. The maximum Gasteiger partial charge on any atom is 0.183 e. The van der Waals surface area contributed by atoms with Crippen LogP contribution in [0.25, 0.3) is 11.3 Å². The van der Waals surface area contributed by atoms with Gasteiger partial charge in [0.15, 0.2) is 5.13 Å². The first-order valence-corrected chi connectivity index (χ1v) is 12.4. The van der Waals surface area contributed by atoms with Crippen molar-refractivity contribution in [3.63, 3.8) is 0 Å². The molecule has 0 spiro atoms. The summed E-state index contributed by atoms with van der Waals surface area (Å²) in [5.41, 5.74) is 1.80. The van der Waals surface area contributed by atoms with E-state index in [1.165, 1.54) is 0 Å². The Bertz CT molecular complexity index is 822. The molecular formula is C22H32ClN5O2S. The number of anilines is 2. The van der Waals surface area contributed by atoms with E-state index in [-0.39, 0.29) is 0 Å². The van der Waals surface area contributed by atoms with E-state index in [1.54, 1.807) is 24.6 Å². The van der Waals surface area contributed by atoms with E-state index in [4.69, 9.17) is 26.1 Å². The van der Waals surface area contributed by atoms with Gasteiger partial charge in [0.1, 0.15) is 5.82 Å². The zero-order valence-electron chi connectivity index (χ0n) is 18.0. The monoisotopic (exact) mass is 465 g/mol. The van der Waals surface area contributed by atoms with Crippen molar-refractivity contribution in [2.24, 2.45) is 5.92 Å². The zero-order chi connectivity index (χ0) is 21.5. The number of nitrogens with zero attached hydrogens (tertiary/aromatic N) is 2. The van der Waals surface area contributed by atoms with Crippen LogP contribution in [0.1, 0.15) is 32.1 Å². The summed E-state index contributed by atoms with van der Waals surface area (Å²) in [6.45, 7) is 4.27. The maximum atomic E-state index is 6.46. The number of hydrogen-bond acceptors (Lipinski definition) is 8. The summed E-state index contributed by atoms with van der Waals surface area (Å²) in [4.78, 5) is 9.25. The molecule has 1 aliphatic carbocycles. The van der Waals surface area contributed by atoms with Crippen molar-refractivity contribution in [1.29, 1.82) is 0 Å². The number of thiazole rings is 1. The van der Waals surface area contributed by atoms with Crippen molar-refractivity contribution in [3.8, 4) is 11.3 Å². The average molecular weight is 466 g/mol. The first kappa shape index (κ1) is 22.7. The molecule has 0 amide bonds. The van der Waals surface area contributed by atoms with Crippen molar-refractivity contribution in [1.82, 2.24) is 15.3 Å². The number of aromatic nitrogens is 2. The molecule has 9 heteroatoms. The topological polar surface area (TPSA) is 80.3 Å². The van der Waals surface area contributed by atoms with E-state index in [9.17, 15) is 0 Å². The maximum absolute atomic E-state index is 6.46. The first-order valence-electron chi connectivity index (χ1n) is 11.1. The molecule has 1 atom stereocenters. The predicted molar refractivity (Wildman–Crippen MR) is 127 cm³/mol. The van der Waals surface area contributed by atoms with Crippen LogP contribution in [-0.2, 0) is 9.47 Å². The molecule has 3 N–H and O–H groups in total.